The maximum absolute atomic E-state index is 13.7. The van der Waals surface area contributed by atoms with Crippen LogP contribution in [0.2, 0.25) is 0 Å². The summed E-state index contributed by atoms with van der Waals surface area (Å²) in [4.78, 5) is 0. The number of hydrogen-bond donors (Lipinski definition) is 1. The van der Waals surface area contributed by atoms with Crippen molar-refractivity contribution in [3.05, 3.63) is 59.5 Å². The monoisotopic (exact) mass is 378 g/mol. The van der Waals surface area contributed by atoms with E-state index in [2.05, 4.69) is 20.1 Å². The van der Waals surface area contributed by atoms with Crippen LogP contribution in [0.15, 0.2) is 42.5 Å². The first-order valence-electron chi connectivity index (χ1n) is 7.44. The topological polar surface area (TPSA) is 83.8 Å². The number of aromatic nitrogens is 3. The van der Waals surface area contributed by atoms with Gasteiger partial charge in [0.05, 0.1) is 0 Å². The molecule has 0 bridgehead atoms. The first-order chi connectivity index (χ1) is 12.9. The SMILES string of the molecule is N#Cc1[nH]nnc1-c1cccc(OCc2ccc(OC(F)(F)F)c(F)c2)c1. The van der Waals surface area contributed by atoms with E-state index >= 15 is 0 Å². The van der Waals surface area contributed by atoms with Crippen molar-refractivity contribution in [1.29, 1.82) is 5.26 Å². The number of aromatic amines is 1. The third kappa shape index (κ3) is 4.52. The summed E-state index contributed by atoms with van der Waals surface area (Å²) in [5, 5.41) is 18.9. The quantitative estimate of drug-likeness (QED) is 0.680. The van der Waals surface area contributed by atoms with Gasteiger partial charge in [-0.1, -0.05) is 23.4 Å². The number of nitrogens with zero attached hydrogens (tertiary/aromatic N) is 3. The minimum absolute atomic E-state index is 0.0867. The number of rotatable bonds is 5. The Morgan fingerprint density at radius 1 is 1.15 bits per heavy atom. The highest BCUT2D eigenvalue weighted by Crippen LogP contribution is 2.27. The van der Waals surface area contributed by atoms with Crippen molar-refractivity contribution in [1.82, 2.24) is 15.4 Å². The lowest BCUT2D eigenvalue weighted by Crippen LogP contribution is -2.18. The summed E-state index contributed by atoms with van der Waals surface area (Å²) < 4.78 is 59.3. The Hall–Kier alpha value is -3.61. The summed E-state index contributed by atoms with van der Waals surface area (Å²) in [6, 6.07) is 11.6. The van der Waals surface area contributed by atoms with Crippen LogP contribution in [0, 0.1) is 17.1 Å². The molecule has 2 aromatic carbocycles. The second kappa shape index (κ2) is 7.33. The van der Waals surface area contributed by atoms with Crippen LogP contribution in [-0.4, -0.2) is 21.8 Å². The molecule has 0 fully saturated rings. The Balaban J connectivity index is 1.71. The van der Waals surface area contributed by atoms with E-state index in [0.717, 1.165) is 12.1 Å². The summed E-state index contributed by atoms with van der Waals surface area (Å²) in [7, 11) is 0. The zero-order valence-corrected chi connectivity index (χ0v) is 13.4. The molecular formula is C17H10F4N4O2. The van der Waals surface area contributed by atoms with Crippen molar-refractivity contribution >= 4 is 0 Å². The number of nitriles is 1. The van der Waals surface area contributed by atoms with Gasteiger partial charge in [-0.25, -0.2) is 9.49 Å². The second-order valence-corrected chi connectivity index (χ2v) is 5.28. The fourth-order valence-corrected chi connectivity index (χ4v) is 2.25. The molecule has 1 heterocycles. The lowest BCUT2D eigenvalue weighted by molar-refractivity contribution is -0.275. The summed E-state index contributed by atoms with van der Waals surface area (Å²) in [5.74, 6) is -1.66. The number of halogens is 4. The average molecular weight is 378 g/mol. The zero-order valence-electron chi connectivity index (χ0n) is 13.4. The predicted molar refractivity (Wildman–Crippen MR) is 83.9 cm³/mol. The molecule has 3 rings (SSSR count). The van der Waals surface area contributed by atoms with Crippen LogP contribution >= 0.6 is 0 Å². The number of nitrogens with one attached hydrogen (secondary N) is 1. The molecule has 138 valence electrons. The Bertz CT molecular complexity index is 995. The van der Waals surface area contributed by atoms with Crippen LogP contribution in [0.1, 0.15) is 11.3 Å². The van der Waals surface area contributed by atoms with Crippen LogP contribution in [0.25, 0.3) is 11.3 Å². The number of hydrogen-bond acceptors (Lipinski definition) is 5. The fourth-order valence-electron chi connectivity index (χ4n) is 2.25. The molecule has 1 N–H and O–H groups in total. The highest BCUT2D eigenvalue weighted by atomic mass is 19.4. The smallest absolute Gasteiger partial charge is 0.489 e. The molecule has 0 spiro atoms. The summed E-state index contributed by atoms with van der Waals surface area (Å²) in [5.41, 5.74) is 1.43. The van der Waals surface area contributed by atoms with Gasteiger partial charge in [-0.05, 0) is 29.8 Å². The van der Waals surface area contributed by atoms with Crippen LogP contribution < -0.4 is 9.47 Å². The van der Waals surface area contributed by atoms with Gasteiger partial charge in [0.25, 0.3) is 0 Å². The van der Waals surface area contributed by atoms with Crippen molar-refractivity contribution in [2.45, 2.75) is 13.0 Å². The van der Waals surface area contributed by atoms with Gasteiger partial charge < -0.3 is 9.47 Å². The molecule has 6 nitrogen and oxygen atoms in total. The molecule has 10 heteroatoms. The molecule has 3 aromatic rings. The molecule has 27 heavy (non-hydrogen) atoms. The predicted octanol–water partition coefficient (Wildman–Crippen LogP) is 3.96. The minimum atomic E-state index is -4.97. The van der Waals surface area contributed by atoms with E-state index in [0.29, 0.717) is 22.6 Å². The van der Waals surface area contributed by atoms with Gasteiger partial charge in [0.1, 0.15) is 24.1 Å². The molecule has 0 aliphatic rings. The summed E-state index contributed by atoms with van der Waals surface area (Å²) in [6.45, 7) is -0.0867. The largest absolute Gasteiger partial charge is 0.573 e. The number of ether oxygens (including phenoxy) is 2. The van der Waals surface area contributed by atoms with E-state index < -0.39 is 17.9 Å². The molecule has 0 atom stereocenters. The molecule has 1 aromatic heterocycles. The van der Waals surface area contributed by atoms with Crippen molar-refractivity contribution in [2.75, 3.05) is 0 Å². The molecule has 0 aliphatic heterocycles. The maximum atomic E-state index is 13.7. The van der Waals surface area contributed by atoms with E-state index in [1.807, 2.05) is 6.07 Å². The first-order valence-corrected chi connectivity index (χ1v) is 7.44. The van der Waals surface area contributed by atoms with Crippen LogP contribution in [0.5, 0.6) is 11.5 Å². The lowest BCUT2D eigenvalue weighted by atomic mass is 10.1. The van der Waals surface area contributed by atoms with Gasteiger partial charge in [-0.2, -0.15) is 5.26 Å². The highest BCUT2D eigenvalue weighted by Gasteiger charge is 2.32. The molecule has 0 saturated carbocycles. The van der Waals surface area contributed by atoms with Crippen molar-refractivity contribution < 1.29 is 27.0 Å². The Morgan fingerprint density at radius 2 is 1.96 bits per heavy atom. The molecule has 0 aliphatic carbocycles. The fraction of sp³-hybridized carbons (Fsp3) is 0.118. The Kier molecular flexibility index (Phi) is 4.94. The highest BCUT2D eigenvalue weighted by molar-refractivity contribution is 5.65. The molecule has 0 unspecified atom stereocenters. The number of alkyl halides is 3. The molecular weight excluding hydrogens is 368 g/mol. The van der Waals surface area contributed by atoms with Gasteiger partial charge in [-0.15, -0.1) is 18.3 Å². The zero-order chi connectivity index (χ0) is 19.4. The lowest BCUT2D eigenvalue weighted by Gasteiger charge is -2.11. The molecule has 0 saturated heterocycles. The maximum Gasteiger partial charge on any atom is 0.573 e. The van der Waals surface area contributed by atoms with Crippen molar-refractivity contribution in [3.63, 3.8) is 0 Å². The van der Waals surface area contributed by atoms with E-state index in [1.165, 1.54) is 6.07 Å². The standard InChI is InChI=1S/C17H10F4N4O2/c18-13-6-10(4-5-15(13)27-17(19,20)21)9-26-12-3-1-2-11(7-12)16-14(8-22)23-25-24-16/h1-7H,9H2,(H,23,24,25). The first kappa shape index (κ1) is 18.2. The van der Waals surface area contributed by atoms with Gasteiger partial charge in [0.2, 0.25) is 0 Å². The third-order valence-electron chi connectivity index (χ3n) is 3.40. The van der Waals surface area contributed by atoms with Gasteiger partial charge >= 0.3 is 6.36 Å². The average Bonchev–Trinajstić information content (AvgIpc) is 3.10. The summed E-state index contributed by atoms with van der Waals surface area (Å²) >= 11 is 0. The van der Waals surface area contributed by atoms with E-state index in [9.17, 15) is 17.6 Å². The second-order valence-electron chi connectivity index (χ2n) is 5.28. The Morgan fingerprint density at radius 3 is 2.67 bits per heavy atom. The number of H-pyrrole nitrogens is 1. The number of benzene rings is 2. The van der Waals surface area contributed by atoms with Crippen molar-refractivity contribution in [3.8, 4) is 28.8 Å². The third-order valence-corrected chi connectivity index (χ3v) is 3.40. The molecule has 0 radical (unpaired) electrons. The van der Waals surface area contributed by atoms with Crippen LogP contribution in [-0.2, 0) is 6.61 Å². The van der Waals surface area contributed by atoms with Gasteiger partial charge in [-0.3, -0.25) is 0 Å². The summed E-state index contributed by atoms with van der Waals surface area (Å²) in [6.07, 6.45) is -4.97. The minimum Gasteiger partial charge on any atom is -0.489 e. The van der Waals surface area contributed by atoms with Crippen molar-refractivity contribution in [2.24, 2.45) is 0 Å². The normalized spacial score (nSPS) is 11.1. The van der Waals surface area contributed by atoms with Crippen LogP contribution in [0.3, 0.4) is 0 Å². The van der Waals surface area contributed by atoms with Gasteiger partial charge in [0.15, 0.2) is 17.3 Å². The Labute approximate surface area is 150 Å². The van der Waals surface area contributed by atoms with E-state index in [1.54, 1.807) is 24.3 Å². The van der Waals surface area contributed by atoms with E-state index in [-0.39, 0.29) is 12.3 Å². The van der Waals surface area contributed by atoms with E-state index in [4.69, 9.17) is 10.00 Å². The molecule has 0 amide bonds. The van der Waals surface area contributed by atoms with Gasteiger partial charge in [0, 0.05) is 5.56 Å². The van der Waals surface area contributed by atoms with Crippen LogP contribution in [0.4, 0.5) is 17.6 Å².